The van der Waals surface area contributed by atoms with E-state index in [2.05, 4.69) is 33.5 Å². The maximum Gasteiger partial charge on any atom is 0.264 e. The van der Waals surface area contributed by atoms with E-state index in [-0.39, 0.29) is 5.91 Å². The topological polar surface area (TPSA) is 66.5 Å². The van der Waals surface area contributed by atoms with E-state index >= 15 is 0 Å². The zero-order valence-electron chi connectivity index (χ0n) is 18.7. The number of fused-ring (bicyclic) bond motifs is 2. The molecule has 1 saturated heterocycles. The van der Waals surface area contributed by atoms with Gasteiger partial charge in [-0.15, -0.1) is 0 Å². The number of hydrogen-bond acceptors (Lipinski definition) is 4. The second-order valence-electron chi connectivity index (χ2n) is 8.24. The second-order valence-corrected chi connectivity index (χ2v) is 9.27. The Kier molecular flexibility index (Phi) is 5.56. The average Bonchev–Trinajstić information content (AvgIpc) is 3.49. The van der Waals surface area contributed by atoms with Crippen molar-refractivity contribution in [1.82, 2.24) is 10.3 Å². The minimum absolute atomic E-state index is 0.168. The van der Waals surface area contributed by atoms with Gasteiger partial charge < -0.3 is 15.0 Å². The summed E-state index contributed by atoms with van der Waals surface area (Å²) in [6, 6.07) is 30.2. The maximum absolute atomic E-state index is 12.8. The van der Waals surface area contributed by atoms with E-state index in [1.54, 1.807) is 0 Å². The summed E-state index contributed by atoms with van der Waals surface area (Å²) < 4.78 is 6.21. The number of aliphatic imine (C=N–C) groups is 1. The lowest BCUT2D eigenvalue weighted by Gasteiger charge is -2.12. The molecule has 0 spiro atoms. The lowest BCUT2D eigenvalue weighted by Crippen LogP contribution is -2.19. The highest BCUT2D eigenvalue weighted by Crippen LogP contribution is 2.33. The van der Waals surface area contributed by atoms with Crippen LogP contribution in [-0.4, -0.2) is 16.1 Å². The van der Waals surface area contributed by atoms with Gasteiger partial charge in [-0.1, -0.05) is 54.6 Å². The summed E-state index contributed by atoms with van der Waals surface area (Å²) in [6.07, 6.45) is 3.78. The van der Waals surface area contributed by atoms with Crippen LogP contribution in [0, 0.1) is 0 Å². The molecule has 0 radical (unpaired) electrons. The molecular weight excluding hydrogens is 454 g/mol. The van der Waals surface area contributed by atoms with Gasteiger partial charge in [-0.05, 0) is 70.6 Å². The predicted molar refractivity (Wildman–Crippen MR) is 144 cm³/mol. The number of amides is 1. The van der Waals surface area contributed by atoms with Gasteiger partial charge in [0.2, 0.25) is 0 Å². The molecule has 5 nitrogen and oxygen atoms in total. The van der Waals surface area contributed by atoms with Crippen LogP contribution in [0.15, 0.2) is 107 Å². The van der Waals surface area contributed by atoms with Crippen molar-refractivity contribution in [3.05, 3.63) is 113 Å². The standard InChI is InChI=1S/C29H21N3O2S/c33-28-27(35-29(32-28)31-24-10-11-25-22(15-24)12-13-30-25)17-23-14-20-8-4-5-9-21(20)16-26(23)34-18-19-6-2-1-3-7-19/h1-17,30H,18H2,(H,31,32,33)/b27-17+. The van der Waals surface area contributed by atoms with Crippen LogP contribution in [0.2, 0.25) is 0 Å². The van der Waals surface area contributed by atoms with E-state index in [0.29, 0.717) is 16.7 Å². The summed E-state index contributed by atoms with van der Waals surface area (Å²) >= 11 is 1.33. The highest BCUT2D eigenvalue weighted by molar-refractivity contribution is 8.18. The number of carbonyl (C=O) groups excluding carboxylic acids is 1. The Hall–Kier alpha value is -4.29. The van der Waals surface area contributed by atoms with Crippen molar-refractivity contribution < 1.29 is 9.53 Å². The van der Waals surface area contributed by atoms with Crippen LogP contribution in [0.4, 0.5) is 5.69 Å². The quantitative estimate of drug-likeness (QED) is 0.275. The van der Waals surface area contributed by atoms with Crippen molar-refractivity contribution >= 4 is 56.3 Å². The van der Waals surface area contributed by atoms with Crippen LogP contribution in [0.1, 0.15) is 11.1 Å². The molecule has 1 aliphatic heterocycles. The van der Waals surface area contributed by atoms with Gasteiger partial charge in [0, 0.05) is 22.7 Å². The Morgan fingerprint density at radius 2 is 1.66 bits per heavy atom. The van der Waals surface area contributed by atoms with Gasteiger partial charge in [-0.25, -0.2) is 4.99 Å². The van der Waals surface area contributed by atoms with Crippen molar-refractivity contribution in [2.24, 2.45) is 4.99 Å². The highest BCUT2D eigenvalue weighted by Gasteiger charge is 2.24. The van der Waals surface area contributed by atoms with Crippen LogP contribution in [0.25, 0.3) is 27.8 Å². The van der Waals surface area contributed by atoms with Gasteiger partial charge in [-0.3, -0.25) is 4.79 Å². The van der Waals surface area contributed by atoms with Gasteiger partial charge in [0.25, 0.3) is 5.91 Å². The predicted octanol–water partition coefficient (Wildman–Crippen LogP) is 6.79. The number of benzene rings is 4. The molecule has 2 N–H and O–H groups in total. The molecule has 1 fully saturated rings. The molecule has 1 aromatic heterocycles. The molecule has 0 aliphatic carbocycles. The van der Waals surface area contributed by atoms with Gasteiger partial charge in [0.1, 0.15) is 12.4 Å². The lowest BCUT2D eigenvalue weighted by molar-refractivity contribution is -0.115. The molecule has 0 bridgehead atoms. The van der Waals surface area contributed by atoms with Crippen LogP contribution < -0.4 is 10.1 Å². The molecule has 0 atom stereocenters. The number of thioether (sulfide) groups is 1. The molecule has 1 amide bonds. The zero-order valence-corrected chi connectivity index (χ0v) is 19.5. The molecule has 35 heavy (non-hydrogen) atoms. The fourth-order valence-corrected chi connectivity index (χ4v) is 4.89. The van der Waals surface area contributed by atoms with E-state index in [4.69, 9.17) is 4.74 Å². The summed E-state index contributed by atoms with van der Waals surface area (Å²) in [6.45, 7) is 0.447. The number of rotatable bonds is 5. The summed E-state index contributed by atoms with van der Waals surface area (Å²) in [5.41, 5.74) is 3.78. The third-order valence-electron chi connectivity index (χ3n) is 5.82. The first-order chi connectivity index (χ1) is 17.2. The fourth-order valence-electron chi connectivity index (χ4n) is 4.06. The fraction of sp³-hybridized carbons (Fsp3) is 0.0345. The first-order valence-electron chi connectivity index (χ1n) is 11.3. The zero-order chi connectivity index (χ0) is 23.6. The Morgan fingerprint density at radius 1 is 0.857 bits per heavy atom. The van der Waals surface area contributed by atoms with Crippen molar-refractivity contribution in [1.29, 1.82) is 0 Å². The molecule has 6 rings (SSSR count). The van der Waals surface area contributed by atoms with E-state index in [0.717, 1.165) is 44.2 Å². The first kappa shape index (κ1) is 21.3. The van der Waals surface area contributed by atoms with Crippen LogP contribution in [0.5, 0.6) is 5.75 Å². The number of aromatic amines is 1. The second kappa shape index (κ2) is 9.16. The van der Waals surface area contributed by atoms with E-state index in [1.807, 2.05) is 85.1 Å². The number of nitrogens with one attached hydrogen (secondary N) is 2. The molecule has 4 aromatic carbocycles. The first-order valence-corrected chi connectivity index (χ1v) is 12.1. The summed E-state index contributed by atoms with van der Waals surface area (Å²) in [4.78, 5) is 21.2. The van der Waals surface area contributed by atoms with Crippen molar-refractivity contribution in [2.45, 2.75) is 6.61 Å². The number of H-pyrrole nitrogens is 1. The van der Waals surface area contributed by atoms with E-state index in [9.17, 15) is 4.79 Å². The number of aromatic nitrogens is 1. The Labute approximate surface area is 206 Å². The van der Waals surface area contributed by atoms with Crippen molar-refractivity contribution in [3.63, 3.8) is 0 Å². The van der Waals surface area contributed by atoms with Gasteiger partial charge in [-0.2, -0.15) is 0 Å². The third-order valence-corrected chi connectivity index (χ3v) is 6.73. The molecule has 5 aromatic rings. The van der Waals surface area contributed by atoms with Crippen LogP contribution >= 0.6 is 11.8 Å². The van der Waals surface area contributed by atoms with Crippen LogP contribution in [-0.2, 0) is 11.4 Å². The molecule has 1 aliphatic rings. The Bertz CT molecular complexity index is 1620. The van der Waals surface area contributed by atoms with Crippen LogP contribution in [0.3, 0.4) is 0 Å². The van der Waals surface area contributed by atoms with Gasteiger partial charge in [0.15, 0.2) is 5.17 Å². The minimum atomic E-state index is -0.168. The molecule has 0 saturated carbocycles. The Balaban J connectivity index is 1.31. The SMILES string of the molecule is O=C1NC(=Nc2ccc3[nH]ccc3c2)S/C1=C/c1cc2ccccc2cc1OCc1ccccc1. The number of carbonyl (C=O) groups is 1. The normalized spacial score (nSPS) is 15.8. The van der Waals surface area contributed by atoms with Gasteiger partial charge in [0.05, 0.1) is 10.6 Å². The Morgan fingerprint density at radius 3 is 2.51 bits per heavy atom. The molecular formula is C29H21N3O2S. The largest absolute Gasteiger partial charge is 0.488 e. The van der Waals surface area contributed by atoms with Crippen molar-refractivity contribution in [3.8, 4) is 5.75 Å². The minimum Gasteiger partial charge on any atom is -0.488 e. The maximum atomic E-state index is 12.8. The molecule has 6 heteroatoms. The van der Waals surface area contributed by atoms with E-state index < -0.39 is 0 Å². The van der Waals surface area contributed by atoms with Crippen molar-refractivity contribution in [2.75, 3.05) is 0 Å². The summed E-state index contributed by atoms with van der Waals surface area (Å²) in [5.74, 6) is 0.565. The molecule has 2 heterocycles. The number of hydrogen-bond donors (Lipinski definition) is 2. The molecule has 170 valence electrons. The monoisotopic (exact) mass is 475 g/mol. The van der Waals surface area contributed by atoms with Gasteiger partial charge >= 0.3 is 0 Å². The number of nitrogens with zero attached hydrogens (tertiary/aromatic N) is 1. The smallest absolute Gasteiger partial charge is 0.264 e. The summed E-state index contributed by atoms with van der Waals surface area (Å²) in [5, 5.41) is 6.70. The number of ether oxygens (including phenoxy) is 1. The van der Waals surface area contributed by atoms with E-state index in [1.165, 1.54) is 11.8 Å². The third kappa shape index (κ3) is 4.56. The number of amidine groups is 1. The highest BCUT2D eigenvalue weighted by atomic mass is 32.2. The molecule has 0 unspecified atom stereocenters. The summed E-state index contributed by atoms with van der Waals surface area (Å²) in [7, 11) is 0. The average molecular weight is 476 g/mol. The lowest BCUT2D eigenvalue weighted by atomic mass is 10.1.